The van der Waals surface area contributed by atoms with Gasteiger partial charge in [-0.05, 0) is 49.7 Å². The van der Waals surface area contributed by atoms with Crippen LogP contribution in [-0.4, -0.2) is 35.4 Å². The Balaban J connectivity index is 1.56. The van der Waals surface area contributed by atoms with Crippen LogP contribution in [0, 0.1) is 11.8 Å². The van der Waals surface area contributed by atoms with Gasteiger partial charge in [-0.1, -0.05) is 6.92 Å². The quantitative estimate of drug-likeness (QED) is 0.917. The van der Waals surface area contributed by atoms with Crippen molar-refractivity contribution in [1.82, 2.24) is 9.88 Å². The fourth-order valence-corrected chi connectivity index (χ4v) is 2.59. The van der Waals surface area contributed by atoms with Gasteiger partial charge in [-0.15, -0.1) is 0 Å². The van der Waals surface area contributed by atoms with Crippen molar-refractivity contribution >= 4 is 11.7 Å². The van der Waals surface area contributed by atoms with E-state index in [4.69, 9.17) is 0 Å². The van der Waals surface area contributed by atoms with Crippen molar-refractivity contribution < 1.29 is 4.79 Å². The van der Waals surface area contributed by atoms with Crippen LogP contribution in [0.2, 0.25) is 0 Å². The molecule has 1 aromatic rings. The summed E-state index contributed by atoms with van der Waals surface area (Å²) in [6.45, 7) is 5.01. The molecule has 1 N–H and O–H groups in total. The molecule has 2 heterocycles. The van der Waals surface area contributed by atoms with Crippen LogP contribution in [-0.2, 0) is 0 Å². The highest BCUT2D eigenvalue weighted by Gasteiger charge is 2.22. The van der Waals surface area contributed by atoms with E-state index in [1.165, 1.54) is 12.8 Å². The number of carbonyl (C=O) groups excluding carboxylic acids is 1. The second kappa shape index (κ2) is 5.81. The Bertz CT molecular complexity index is 459. The zero-order valence-corrected chi connectivity index (χ0v) is 12.1. The number of pyridine rings is 1. The normalized spacial score (nSPS) is 19.9. The third-order valence-electron chi connectivity index (χ3n) is 4.35. The van der Waals surface area contributed by atoms with E-state index < -0.39 is 0 Å². The zero-order chi connectivity index (χ0) is 13.9. The first kappa shape index (κ1) is 13.4. The zero-order valence-electron chi connectivity index (χ0n) is 12.1. The topological polar surface area (TPSA) is 45.2 Å². The van der Waals surface area contributed by atoms with Gasteiger partial charge in [-0.25, -0.2) is 4.98 Å². The van der Waals surface area contributed by atoms with Crippen LogP contribution in [0.15, 0.2) is 18.3 Å². The number of carbonyl (C=O) groups is 1. The van der Waals surface area contributed by atoms with Crippen molar-refractivity contribution in [2.24, 2.45) is 11.8 Å². The van der Waals surface area contributed by atoms with Crippen LogP contribution in [0.4, 0.5) is 5.82 Å². The van der Waals surface area contributed by atoms with E-state index >= 15 is 0 Å². The van der Waals surface area contributed by atoms with Crippen LogP contribution in [0.1, 0.15) is 43.0 Å². The van der Waals surface area contributed by atoms with E-state index in [2.05, 4.69) is 17.2 Å². The maximum atomic E-state index is 12.4. The number of likely N-dealkylation sites (tertiary alicyclic amines) is 1. The molecule has 0 atom stereocenters. The molecule has 1 saturated carbocycles. The molecule has 0 radical (unpaired) electrons. The number of anilines is 1. The van der Waals surface area contributed by atoms with E-state index in [1.807, 2.05) is 17.0 Å². The minimum absolute atomic E-state index is 0.123. The lowest BCUT2D eigenvalue weighted by molar-refractivity contribution is 0.0697. The van der Waals surface area contributed by atoms with Gasteiger partial charge in [0.1, 0.15) is 5.82 Å². The summed E-state index contributed by atoms with van der Waals surface area (Å²) in [6.07, 6.45) is 6.59. The largest absolute Gasteiger partial charge is 0.370 e. The summed E-state index contributed by atoms with van der Waals surface area (Å²) in [4.78, 5) is 18.7. The first-order chi connectivity index (χ1) is 9.72. The number of nitrogens with one attached hydrogen (secondary N) is 1. The van der Waals surface area contributed by atoms with Crippen molar-refractivity contribution in [3.8, 4) is 0 Å². The molecule has 0 unspecified atom stereocenters. The SMILES string of the molecule is CC1CCN(C(=O)c2ccc(NCC3CC3)nc2)CC1. The number of nitrogens with zero attached hydrogens (tertiary/aromatic N) is 2. The minimum Gasteiger partial charge on any atom is -0.370 e. The van der Waals surface area contributed by atoms with Gasteiger partial charge in [0.05, 0.1) is 5.56 Å². The van der Waals surface area contributed by atoms with Gasteiger partial charge in [0.25, 0.3) is 5.91 Å². The van der Waals surface area contributed by atoms with Gasteiger partial charge < -0.3 is 10.2 Å². The van der Waals surface area contributed by atoms with Crippen molar-refractivity contribution in [2.45, 2.75) is 32.6 Å². The smallest absolute Gasteiger partial charge is 0.255 e. The van der Waals surface area contributed by atoms with E-state index in [1.54, 1.807) is 6.20 Å². The van der Waals surface area contributed by atoms with E-state index in [0.29, 0.717) is 5.56 Å². The molecule has 108 valence electrons. The average molecular weight is 273 g/mol. The summed E-state index contributed by atoms with van der Waals surface area (Å²) in [5.41, 5.74) is 0.705. The van der Waals surface area contributed by atoms with Crippen molar-refractivity contribution in [3.63, 3.8) is 0 Å². The first-order valence-electron chi connectivity index (χ1n) is 7.71. The Labute approximate surface area is 120 Å². The van der Waals surface area contributed by atoms with Crippen LogP contribution in [0.25, 0.3) is 0 Å². The molecule has 1 aliphatic carbocycles. The molecule has 2 aliphatic rings. The predicted octanol–water partition coefficient (Wildman–Crippen LogP) is 2.78. The molecular formula is C16H23N3O. The number of hydrogen-bond acceptors (Lipinski definition) is 3. The number of rotatable bonds is 4. The monoisotopic (exact) mass is 273 g/mol. The highest BCUT2D eigenvalue weighted by molar-refractivity contribution is 5.94. The Kier molecular flexibility index (Phi) is 3.90. The highest BCUT2D eigenvalue weighted by Crippen LogP contribution is 2.28. The number of amides is 1. The minimum atomic E-state index is 0.123. The molecule has 20 heavy (non-hydrogen) atoms. The predicted molar refractivity (Wildman–Crippen MR) is 79.8 cm³/mol. The summed E-state index contributed by atoms with van der Waals surface area (Å²) < 4.78 is 0. The van der Waals surface area contributed by atoms with Gasteiger partial charge in [0.2, 0.25) is 0 Å². The van der Waals surface area contributed by atoms with E-state index in [9.17, 15) is 4.79 Å². The Morgan fingerprint density at radius 3 is 2.65 bits per heavy atom. The molecule has 3 rings (SSSR count). The molecule has 4 heteroatoms. The van der Waals surface area contributed by atoms with E-state index in [0.717, 1.165) is 50.1 Å². The molecule has 2 fully saturated rings. The molecular weight excluding hydrogens is 250 g/mol. The Morgan fingerprint density at radius 2 is 2.05 bits per heavy atom. The molecule has 1 amide bonds. The fraction of sp³-hybridized carbons (Fsp3) is 0.625. The fourth-order valence-electron chi connectivity index (χ4n) is 2.59. The maximum Gasteiger partial charge on any atom is 0.255 e. The summed E-state index contributed by atoms with van der Waals surface area (Å²) in [5, 5.41) is 3.32. The van der Waals surface area contributed by atoms with Crippen LogP contribution >= 0.6 is 0 Å². The third kappa shape index (κ3) is 3.30. The average Bonchev–Trinajstić information content (AvgIpc) is 3.30. The molecule has 0 aromatic carbocycles. The third-order valence-corrected chi connectivity index (χ3v) is 4.35. The maximum absolute atomic E-state index is 12.4. The first-order valence-corrected chi connectivity index (χ1v) is 7.71. The van der Waals surface area contributed by atoms with Gasteiger partial charge in [0.15, 0.2) is 0 Å². The summed E-state index contributed by atoms with van der Waals surface area (Å²) in [7, 11) is 0. The Hall–Kier alpha value is -1.58. The van der Waals surface area contributed by atoms with Gasteiger partial charge in [0, 0.05) is 25.8 Å². The Morgan fingerprint density at radius 1 is 1.30 bits per heavy atom. The number of aromatic nitrogens is 1. The van der Waals surface area contributed by atoms with Gasteiger partial charge in [-0.2, -0.15) is 0 Å². The number of piperidine rings is 1. The molecule has 1 aromatic heterocycles. The van der Waals surface area contributed by atoms with Crippen molar-refractivity contribution in [1.29, 1.82) is 0 Å². The van der Waals surface area contributed by atoms with Gasteiger partial charge >= 0.3 is 0 Å². The number of hydrogen-bond donors (Lipinski definition) is 1. The summed E-state index contributed by atoms with van der Waals surface area (Å²) >= 11 is 0. The second-order valence-electron chi connectivity index (χ2n) is 6.23. The van der Waals surface area contributed by atoms with Crippen LogP contribution in [0.5, 0.6) is 0 Å². The molecule has 0 bridgehead atoms. The van der Waals surface area contributed by atoms with Crippen LogP contribution < -0.4 is 5.32 Å². The van der Waals surface area contributed by atoms with Crippen LogP contribution in [0.3, 0.4) is 0 Å². The van der Waals surface area contributed by atoms with Crippen molar-refractivity contribution in [2.75, 3.05) is 25.0 Å². The lowest BCUT2D eigenvalue weighted by Crippen LogP contribution is -2.37. The molecule has 0 spiro atoms. The standard InChI is InChI=1S/C16H23N3O/c1-12-6-8-19(9-7-12)16(20)14-4-5-15(18-11-14)17-10-13-2-3-13/h4-5,11-13H,2-3,6-10H2,1H3,(H,17,18). The lowest BCUT2D eigenvalue weighted by atomic mass is 9.99. The van der Waals surface area contributed by atoms with Crippen molar-refractivity contribution in [3.05, 3.63) is 23.9 Å². The molecule has 1 aliphatic heterocycles. The van der Waals surface area contributed by atoms with Gasteiger partial charge in [-0.3, -0.25) is 4.79 Å². The lowest BCUT2D eigenvalue weighted by Gasteiger charge is -2.30. The summed E-state index contributed by atoms with van der Waals surface area (Å²) in [6, 6.07) is 3.81. The highest BCUT2D eigenvalue weighted by atomic mass is 16.2. The second-order valence-corrected chi connectivity index (χ2v) is 6.23. The molecule has 4 nitrogen and oxygen atoms in total. The molecule has 1 saturated heterocycles. The summed E-state index contributed by atoms with van der Waals surface area (Å²) in [5.74, 6) is 2.57. The van der Waals surface area contributed by atoms with E-state index in [-0.39, 0.29) is 5.91 Å².